The lowest BCUT2D eigenvalue weighted by atomic mass is 10.1. The second-order valence-electron chi connectivity index (χ2n) is 5.20. The molecule has 132 valence electrons. The largest absolute Gasteiger partial charge is 0.296 e. The van der Waals surface area contributed by atoms with Crippen molar-refractivity contribution in [2.45, 2.75) is 6.92 Å². The Labute approximate surface area is 161 Å². The first-order valence-electron chi connectivity index (χ1n) is 7.21. The van der Waals surface area contributed by atoms with Crippen LogP contribution < -0.4 is 5.32 Å². The predicted octanol–water partition coefficient (Wildman–Crippen LogP) is 4.98. The van der Waals surface area contributed by atoms with E-state index in [9.17, 15) is 14.9 Å². The number of halogens is 2. The summed E-state index contributed by atoms with van der Waals surface area (Å²) < 4.78 is 0. The Bertz CT molecular complexity index is 1020. The molecule has 1 N–H and O–H groups in total. The smallest absolute Gasteiger partial charge is 0.273 e. The first-order valence-corrected chi connectivity index (χ1v) is 8.78. The summed E-state index contributed by atoms with van der Waals surface area (Å²) in [5.74, 6) is -0.504. The molecule has 0 aliphatic carbocycles. The van der Waals surface area contributed by atoms with E-state index in [1.54, 1.807) is 18.2 Å². The highest BCUT2D eigenvalue weighted by molar-refractivity contribution is 7.18. The van der Waals surface area contributed by atoms with Crippen LogP contribution in [-0.2, 0) is 0 Å². The molecule has 0 aliphatic rings. The number of rotatable bonds is 4. The Hall–Kier alpha value is -2.55. The Balaban J connectivity index is 1.85. The lowest BCUT2D eigenvalue weighted by molar-refractivity contribution is -0.385. The Morgan fingerprint density at radius 2 is 2.00 bits per heavy atom. The van der Waals surface area contributed by atoms with Gasteiger partial charge in [0, 0.05) is 27.8 Å². The maximum atomic E-state index is 12.4. The molecule has 0 bridgehead atoms. The van der Waals surface area contributed by atoms with Crippen molar-refractivity contribution in [3.05, 3.63) is 67.7 Å². The maximum Gasteiger partial charge on any atom is 0.273 e. The minimum atomic E-state index is -0.530. The van der Waals surface area contributed by atoms with Gasteiger partial charge >= 0.3 is 0 Å². The van der Waals surface area contributed by atoms with Gasteiger partial charge in [0.2, 0.25) is 5.13 Å². The standard InChI is InChI=1S/C16H10Cl2N4O3S/c1-8-10(3-2-4-13(8)22(24)25)14(23)19-16-21-20-15(26-16)11-6-5-9(17)7-12(11)18/h2-7H,1H3,(H,19,21,23). The first kappa shape index (κ1) is 18.2. The zero-order valence-electron chi connectivity index (χ0n) is 13.2. The van der Waals surface area contributed by atoms with Crippen molar-refractivity contribution >= 4 is 51.3 Å². The van der Waals surface area contributed by atoms with Crippen LogP contribution in [0.25, 0.3) is 10.6 Å². The maximum absolute atomic E-state index is 12.4. The van der Waals surface area contributed by atoms with Crippen molar-refractivity contribution in [2.24, 2.45) is 0 Å². The third-order valence-electron chi connectivity index (χ3n) is 3.55. The van der Waals surface area contributed by atoms with Crippen LogP contribution in [0, 0.1) is 17.0 Å². The second kappa shape index (κ2) is 7.36. The molecule has 0 fully saturated rings. The zero-order chi connectivity index (χ0) is 18.8. The van der Waals surface area contributed by atoms with Gasteiger partial charge in [0.15, 0.2) is 5.01 Å². The van der Waals surface area contributed by atoms with Gasteiger partial charge in [0.1, 0.15) is 0 Å². The van der Waals surface area contributed by atoms with Crippen LogP contribution in [0.5, 0.6) is 0 Å². The van der Waals surface area contributed by atoms with Gasteiger partial charge in [0.25, 0.3) is 11.6 Å². The van der Waals surface area contributed by atoms with Gasteiger partial charge in [0.05, 0.1) is 9.95 Å². The SMILES string of the molecule is Cc1c(C(=O)Nc2nnc(-c3ccc(Cl)cc3Cl)s2)cccc1[N+](=O)[O-]. The fourth-order valence-corrected chi connectivity index (χ4v) is 3.61. The summed E-state index contributed by atoms with van der Waals surface area (Å²) in [6, 6.07) is 9.29. The van der Waals surface area contributed by atoms with E-state index in [0.717, 1.165) is 11.3 Å². The molecule has 0 saturated carbocycles. The van der Waals surface area contributed by atoms with Crippen LogP contribution >= 0.6 is 34.5 Å². The molecule has 3 aromatic rings. The number of nitro benzene ring substituents is 1. The van der Waals surface area contributed by atoms with Gasteiger partial charge in [-0.2, -0.15) is 0 Å². The highest BCUT2D eigenvalue weighted by Gasteiger charge is 2.19. The number of nitrogens with one attached hydrogen (secondary N) is 1. The van der Waals surface area contributed by atoms with E-state index in [1.807, 2.05) is 0 Å². The molecule has 0 atom stereocenters. The van der Waals surface area contributed by atoms with Gasteiger partial charge < -0.3 is 0 Å². The molecule has 1 heterocycles. The monoisotopic (exact) mass is 408 g/mol. The summed E-state index contributed by atoms with van der Waals surface area (Å²) in [6.45, 7) is 1.52. The highest BCUT2D eigenvalue weighted by Crippen LogP contribution is 2.33. The minimum Gasteiger partial charge on any atom is -0.296 e. The van der Waals surface area contributed by atoms with Crippen LogP contribution in [0.2, 0.25) is 10.0 Å². The van der Waals surface area contributed by atoms with Crippen molar-refractivity contribution in [2.75, 3.05) is 5.32 Å². The number of amides is 1. The average molecular weight is 409 g/mol. The van der Waals surface area contributed by atoms with Crippen LogP contribution in [0.3, 0.4) is 0 Å². The first-order chi connectivity index (χ1) is 12.4. The number of hydrogen-bond donors (Lipinski definition) is 1. The van der Waals surface area contributed by atoms with Gasteiger partial charge in [-0.3, -0.25) is 20.2 Å². The van der Waals surface area contributed by atoms with Crippen molar-refractivity contribution in [1.29, 1.82) is 0 Å². The van der Waals surface area contributed by atoms with E-state index < -0.39 is 10.8 Å². The normalized spacial score (nSPS) is 10.6. The highest BCUT2D eigenvalue weighted by atomic mass is 35.5. The number of carbonyl (C=O) groups excluding carboxylic acids is 1. The number of nitrogens with zero attached hydrogens (tertiary/aromatic N) is 3. The summed E-state index contributed by atoms with van der Waals surface area (Å²) in [7, 11) is 0. The summed E-state index contributed by atoms with van der Waals surface area (Å²) in [5, 5.41) is 23.2. The van der Waals surface area contributed by atoms with Gasteiger partial charge in [-0.25, -0.2) is 0 Å². The summed E-state index contributed by atoms with van der Waals surface area (Å²) in [6.07, 6.45) is 0. The molecule has 0 saturated heterocycles. The van der Waals surface area contributed by atoms with Crippen LogP contribution in [-0.4, -0.2) is 21.0 Å². The molecule has 0 unspecified atom stereocenters. The molecule has 0 radical (unpaired) electrons. The van der Waals surface area contributed by atoms with Crippen molar-refractivity contribution in [1.82, 2.24) is 10.2 Å². The average Bonchev–Trinajstić information content (AvgIpc) is 3.02. The van der Waals surface area contributed by atoms with Crippen molar-refractivity contribution in [3.8, 4) is 10.6 Å². The third kappa shape index (κ3) is 3.67. The summed E-state index contributed by atoms with van der Waals surface area (Å²) >= 11 is 13.1. The quantitative estimate of drug-likeness (QED) is 0.484. The molecular weight excluding hydrogens is 399 g/mol. The number of aromatic nitrogens is 2. The molecule has 3 rings (SSSR count). The summed E-state index contributed by atoms with van der Waals surface area (Å²) in [5.41, 5.74) is 0.991. The van der Waals surface area contributed by atoms with Crippen LogP contribution in [0.1, 0.15) is 15.9 Å². The molecule has 2 aromatic carbocycles. The third-order valence-corrected chi connectivity index (χ3v) is 4.97. The van der Waals surface area contributed by atoms with E-state index in [-0.39, 0.29) is 21.9 Å². The molecule has 7 nitrogen and oxygen atoms in total. The Kier molecular flexibility index (Phi) is 5.17. The van der Waals surface area contributed by atoms with Crippen LogP contribution in [0.4, 0.5) is 10.8 Å². The number of carbonyl (C=O) groups is 1. The summed E-state index contributed by atoms with van der Waals surface area (Å²) in [4.78, 5) is 22.9. The molecular formula is C16H10Cl2N4O3S. The molecule has 10 heteroatoms. The Morgan fingerprint density at radius 1 is 1.23 bits per heavy atom. The number of hydrogen-bond acceptors (Lipinski definition) is 6. The topological polar surface area (TPSA) is 98.0 Å². The second-order valence-corrected chi connectivity index (χ2v) is 7.02. The number of nitro groups is 1. The van der Waals surface area contributed by atoms with E-state index in [1.165, 1.54) is 25.1 Å². The lowest BCUT2D eigenvalue weighted by Crippen LogP contribution is -2.14. The van der Waals surface area contributed by atoms with Crippen molar-refractivity contribution < 1.29 is 9.72 Å². The number of benzene rings is 2. The van der Waals surface area contributed by atoms with E-state index in [4.69, 9.17) is 23.2 Å². The van der Waals surface area contributed by atoms with Crippen LogP contribution in [0.15, 0.2) is 36.4 Å². The van der Waals surface area contributed by atoms with Gasteiger partial charge in [-0.1, -0.05) is 40.6 Å². The van der Waals surface area contributed by atoms with Gasteiger partial charge in [-0.05, 0) is 31.2 Å². The van der Waals surface area contributed by atoms with E-state index >= 15 is 0 Å². The number of anilines is 1. The molecule has 1 aromatic heterocycles. The minimum absolute atomic E-state index is 0.122. The van der Waals surface area contributed by atoms with E-state index in [2.05, 4.69) is 15.5 Å². The lowest BCUT2D eigenvalue weighted by Gasteiger charge is -2.05. The molecule has 0 spiro atoms. The molecule has 26 heavy (non-hydrogen) atoms. The predicted molar refractivity (Wildman–Crippen MR) is 101 cm³/mol. The van der Waals surface area contributed by atoms with E-state index in [0.29, 0.717) is 20.6 Å². The zero-order valence-corrected chi connectivity index (χ0v) is 15.5. The van der Waals surface area contributed by atoms with Gasteiger partial charge in [-0.15, -0.1) is 10.2 Å². The van der Waals surface area contributed by atoms with Crippen molar-refractivity contribution in [3.63, 3.8) is 0 Å². The molecule has 0 aliphatic heterocycles. The fourth-order valence-electron chi connectivity index (χ4n) is 2.28. The Morgan fingerprint density at radius 3 is 2.69 bits per heavy atom. The fraction of sp³-hybridized carbons (Fsp3) is 0.0625. The molecule has 1 amide bonds.